The van der Waals surface area contributed by atoms with Crippen LogP contribution in [0.5, 0.6) is 0 Å². The van der Waals surface area contributed by atoms with Crippen molar-refractivity contribution in [2.45, 2.75) is 27.7 Å². The Labute approximate surface area is 144 Å². The smallest absolute Gasteiger partial charge is 0.254 e. The van der Waals surface area contributed by atoms with Gasteiger partial charge < -0.3 is 0 Å². The van der Waals surface area contributed by atoms with Gasteiger partial charge in [0.25, 0.3) is 9.49 Å². The van der Waals surface area contributed by atoms with Crippen molar-refractivity contribution in [1.82, 2.24) is 0 Å². The standard InChI is InChI=1S/C8H20O2P2S7/c1-5-13-11(9,14-6-2)17-19-18-12(10,15-7-3)16-8-4/h5-8H2,1-4H3. The second-order valence-electron chi connectivity index (χ2n) is 2.78. The predicted molar refractivity (Wildman–Crippen MR) is 111 cm³/mol. The lowest BCUT2D eigenvalue weighted by molar-refractivity contribution is 0.600. The largest absolute Gasteiger partial charge is 0.288 e. The molecule has 0 atom stereocenters. The van der Waals surface area contributed by atoms with Crippen LogP contribution in [0, 0.1) is 0 Å². The summed E-state index contributed by atoms with van der Waals surface area (Å²) in [5, 5.41) is 0. The molecule has 0 saturated heterocycles. The predicted octanol–water partition coefficient (Wildman–Crippen LogP) is 8.24. The molecule has 0 heterocycles. The van der Waals surface area contributed by atoms with Crippen molar-refractivity contribution in [3.05, 3.63) is 0 Å². The zero-order chi connectivity index (χ0) is 14.8. The minimum atomic E-state index is -2.29. The topological polar surface area (TPSA) is 34.1 Å². The van der Waals surface area contributed by atoms with Gasteiger partial charge in [0.05, 0.1) is 0 Å². The minimum Gasteiger partial charge on any atom is -0.288 e. The summed E-state index contributed by atoms with van der Waals surface area (Å²) in [5.41, 5.74) is 0. The molecular formula is C8H20O2P2S7. The van der Waals surface area contributed by atoms with Crippen LogP contribution in [0.15, 0.2) is 0 Å². The highest BCUT2D eigenvalue weighted by Gasteiger charge is 2.28. The van der Waals surface area contributed by atoms with Crippen molar-refractivity contribution in [2.75, 3.05) is 23.0 Å². The van der Waals surface area contributed by atoms with E-state index < -0.39 is 9.49 Å². The van der Waals surface area contributed by atoms with Gasteiger partial charge in [0.15, 0.2) is 0 Å². The normalized spacial score (nSPS) is 12.8. The van der Waals surface area contributed by atoms with Crippen LogP contribution in [0.3, 0.4) is 0 Å². The molecule has 11 heteroatoms. The molecule has 0 N–H and O–H groups in total. The Morgan fingerprint density at radius 2 is 0.895 bits per heavy atom. The van der Waals surface area contributed by atoms with Gasteiger partial charge in [-0.25, -0.2) is 0 Å². The molecule has 0 aliphatic rings. The highest BCUT2D eigenvalue weighted by Crippen LogP contribution is 2.88. The lowest BCUT2D eigenvalue weighted by Crippen LogP contribution is -1.69. The van der Waals surface area contributed by atoms with Crippen molar-refractivity contribution in [1.29, 1.82) is 0 Å². The molecule has 0 radical (unpaired) electrons. The van der Waals surface area contributed by atoms with Gasteiger partial charge in [-0.15, -0.1) is 0 Å². The molecule has 0 aromatic heterocycles. The molecule has 0 aliphatic heterocycles. The molecule has 0 unspecified atom stereocenters. The summed E-state index contributed by atoms with van der Waals surface area (Å²) in [5.74, 6) is 3.42. The van der Waals surface area contributed by atoms with Crippen molar-refractivity contribution in [3.63, 3.8) is 0 Å². The molecule has 0 spiro atoms. The first kappa shape index (κ1) is 21.9. The quantitative estimate of drug-likeness (QED) is 0.223. The van der Waals surface area contributed by atoms with Crippen LogP contribution in [-0.2, 0) is 9.13 Å². The fourth-order valence-electron chi connectivity index (χ4n) is 0.881. The van der Waals surface area contributed by atoms with Crippen LogP contribution >= 0.6 is 85.7 Å². The second kappa shape index (κ2) is 12.3. The summed E-state index contributed by atoms with van der Waals surface area (Å²) >= 11 is 6.10. The van der Waals surface area contributed by atoms with E-state index in [0.29, 0.717) is 0 Å². The van der Waals surface area contributed by atoms with E-state index in [0.717, 1.165) is 23.0 Å². The maximum Gasteiger partial charge on any atom is 0.254 e. The summed E-state index contributed by atoms with van der Waals surface area (Å²) in [6, 6.07) is 0. The van der Waals surface area contributed by atoms with Gasteiger partial charge in [-0.05, 0) is 32.8 Å². The van der Waals surface area contributed by atoms with Crippen LogP contribution in [0.2, 0.25) is 0 Å². The summed E-state index contributed by atoms with van der Waals surface area (Å²) in [6.45, 7) is 8.10. The first-order valence-corrected chi connectivity index (χ1v) is 20.2. The van der Waals surface area contributed by atoms with Crippen molar-refractivity contribution >= 4 is 85.7 Å². The Morgan fingerprint density at radius 3 is 1.11 bits per heavy atom. The lowest BCUT2D eigenvalue weighted by atomic mass is 11.0. The SMILES string of the molecule is CCSP(=O)(SCC)SSSP(=O)(SCC)SCC. The number of hydrogen-bond donors (Lipinski definition) is 0. The van der Waals surface area contributed by atoms with Crippen LogP contribution in [0.25, 0.3) is 0 Å². The Hall–Kier alpha value is 2.91. The fourth-order valence-corrected chi connectivity index (χ4v) is 39.7. The zero-order valence-corrected chi connectivity index (χ0v) is 18.9. The summed E-state index contributed by atoms with van der Waals surface area (Å²) < 4.78 is 20.6. The van der Waals surface area contributed by atoms with Crippen LogP contribution in [-0.4, -0.2) is 23.0 Å². The monoisotopic (exact) mass is 434 g/mol. The van der Waals surface area contributed by atoms with Gasteiger partial charge in [0.2, 0.25) is 0 Å². The second-order valence-corrected chi connectivity index (χ2v) is 30.1. The molecule has 19 heavy (non-hydrogen) atoms. The van der Waals surface area contributed by atoms with Gasteiger partial charge in [-0.1, -0.05) is 73.2 Å². The van der Waals surface area contributed by atoms with Crippen LogP contribution in [0.4, 0.5) is 0 Å². The van der Waals surface area contributed by atoms with E-state index in [2.05, 4.69) is 0 Å². The Morgan fingerprint density at radius 1 is 0.632 bits per heavy atom. The molecule has 116 valence electrons. The van der Waals surface area contributed by atoms with Gasteiger partial charge in [0.1, 0.15) is 0 Å². The molecule has 0 bridgehead atoms. The zero-order valence-electron chi connectivity index (χ0n) is 11.4. The molecule has 0 saturated carbocycles. The Bertz CT molecular complexity index is 278. The molecule has 0 aliphatic carbocycles. The maximum absolute atomic E-state index is 12.6. The number of rotatable bonds is 12. The Kier molecular flexibility index (Phi) is 14.2. The summed E-state index contributed by atoms with van der Waals surface area (Å²) in [4.78, 5) is 0. The molecular weight excluding hydrogens is 415 g/mol. The van der Waals surface area contributed by atoms with Gasteiger partial charge in [-0.3, -0.25) is 9.13 Å². The molecule has 0 rings (SSSR count). The van der Waals surface area contributed by atoms with Gasteiger partial charge >= 0.3 is 0 Å². The van der Waals surface area contributed by atoms with E-state index in [-0.39, 0.29) is 0 Å². The van der Waals surface area contributed by atoms with E-state index in [9.17, 15) is 9.13 Å². The van der Waals surface area contributed by atoms with Gasteiger partial charge in [0, 0.05) is 20.8 Å². The van der Waals surface area contributed by atoms with Crippen LogP contribution < -0.4 is 0 Å². The minimum absolute atomic E-state index is 0.855. The summed E-state index contributed by atoms with van der Waals surface area (Å²) in [6.07, 6.45) is 0. The summed E-state index contributed by atoms with van der Waals surface area (Å²) in [7, 11) is 4.28. The third-order valence-electron chi connectivity index (χ3n) is 1.39. The van der Waals surface area contributed by atoms with Crippen molar-refractivity contribution in [2.24, 2.45) is 0 Å². The van der Waals surface area contributed by atoms with Crippen molar-refractivity contribution < 1.29 is 9.13 Å². The Balaban J connectivity index is 4.36. The molecule has 2 nitrogen and oxygen atoms in total. The van der Waals surface area contributed by atoms with E-state index in [1.165, 1.54) is 76.2 Å². The average Bonchev–Trinajstić information content (AvgIpc) is 2.29. The highest BCUT2D eigenvalue weighted by atomic mass is 33.8. The van der Waals surface area contributed by atoms with Crippen LogP contribution in [0.1, 0.15) is 27.7 Å². The van der Waals surface area contributed by atoms with Gasteiger partial charge in [-0.2, -0.15) is 0 Å². The van der Waals surface area contributed by atoms with Crippen molar-refractivity contribution in [3.8, 4) is 0 Å². The molecule has 0 aromatic carbocycles. The molecule has 0 aromatic rings. The first-order chi connectivity index (χ1) is 8.95. The van der Waals surface area contributed by atoms with E-state index in [4.69, 9.17) is 0 Å². The number of hydrogen-bond acceptors (Lipinski definition) is 9. The molecule has 0 amide bonds. The van der Waals surface area contributed by atoms with E-state index in [1.807, 2.05) is 27.7 Å². The maximum atomic E-state index is 12.6. The first-order valence-electron chi connectivity index (χ1n) is 5.78. The molecule has 0 fully saturated rings. The van der Waals surface area contributed by atoms with E-state index >= 15 is 0 Å². The van der Waals surface area contributed by atoms with E-state index in [1.54, 1.807) is 0 Å². The third kappa shape index (κ3) is 10.3. The average molecular weight is 435 g/mol. The highest BCUT2D eigenvalue weighted by molar-refractivity contribution is 9.45. The third-order valence-corrected chi connectivity index (χ3v) is 34.4. The fraction of sp³-hybridized carbons (Fsp3) is 1.00. The lowest BCUT2D eigenvalue weighted by Gasteiger charge is -2.16.